The summed E-state index contributed by atoms with van der Waals surface area (Å²) in [7, 11) is 1.47. The van der Waals surface area contributed by atoms with Crippen LogP contribution in [-0.2, 0) is 14.3 Å². The molecule has 1 N–H and O–H groups in total. The number of carboxylic acid groups (broad SMARTS) is 1. The van der Waals surface area contributed by atoms with Crippen molar-refractivity contribution in [2.45, 2.75) is 13.8 Å². The number of thioether (sulfide) groups is 1. The number of amidine groups is 1. The number of hydrogen-bond donors (Lipinski definition) is 1. The lowest BCUT2D eigenvalue weighted by Crippen LogP contribution is -2.28. The molecule has 0 bridgehead atoms. The molecule has 0 spiro atoms. The fourth-order valence-corrected chi connectivity index (χ4v) is 4.77. The molecular weight excluding hydrogens is 540 g/mol. The Labute approximate surface area is 214 Å². The summed E-state index contributed by atoms with van der Waals surface area (Å²) in [5, 5.41) is 9.66. The predicted molar refractivity (Wildman–Crippen MR) is 136 cm³/mol. The lowest BCUT2D eigenvalue weighted by atomic mass is 10.2. The zero-order valence-corrected chi connectivity index (χ0v) is 21.6. The molecule has 1 aliphatic heterocycles. The fourth-order valence-electron chi connectivity index (χ4n) is 3.14. The van der Waals surface area contributed by atoms with E-state index in [1.807, 2.05) is 6.92 Å². The molecule has 184 valence electrons. The Kier molecular flexibility index (Phi) is 8.94. The number of likely N-dealkylation sites (N-methyl/N-ethyl adjacent to an activating group) is 1. The van der Waals surface area contributed by atoms with Crippen LogP contribution in [0.1, 0.15) is 29.8 Å². The number of hydrogen-bond acceptors (Lipinski definition) is 8. The van der Waals surface area contributed by atoms with Crippen LogP contribution in [0.2, 0.25) is 0 Å². The first-order valence-electron chi connectivity index (χ1n) is 10.6. The number of carbonyl (C=O) groups is 3. The van der Waals surface area contributed by atoms with E-state index in [2.05, 4.69) is 20.9 Å². The van der Waals surface area contributed by atoms with E-state index in [0.29, 0.717) is 43.8 Å². The number of carbonyl (C=O) groups excluding carboxylic acids is 2. The van der Waals surface area contributed by atoms with Crippen molar-refractivity contribution in [1.29, 1.82) is 0 Å². The molecule has 0 aliphatic carbocycles. The normalized spacial score (nSPS) is 15.5. The zero-order valence-electron chi connectivity index (χ0n) is 19.2. The highest BCUT2D eigenvalue weighted by Crippen LogP contribution is 2.39. The van der Waals surface area contributed by atoms with Crippen molar-refractivity contribution < 1.29 is 33.7 Å². The molecule has 0 unspecified atom stereocenters. The Hall–Kier alpha value is -3.31. The summed E-state index contributed by atoms with van der Waals surface area (Å²) in [5.74, 6) is -1.06. The third kappa shape index (κ3) is 6.43. The molecule has 0 radical (unpaired) electrons. The van der Waals surface area contributed by atoms with Crippen LogP contribution in [0.5, 0.6) is 11.5 Å². The highest BCUT2D eigenvalue weighted by molar-refractivity contribution is 9.10. The van der Waals surface area contributed by atoms with Crippen LogP contribution in [0.15, 0.2) is 50.8 Å². The van der Waals surface area contributed by atoms with Crippen LogP contribution in [0.4, 0.5) is 5.69 Å². The third-order valence-electron chi connectivity index (χ3n) is 4.71. The Morgan fingerprint density at radius 1 is 1.23 bits per heavy atom. The van der Waals surface area contributed by atoms with Gasteiger partial charge in [-0.2, -0.15) is 0 Å². The average molecular weight is 563 g/mol. The SMILES string of the molecule is CCOC(=O)COc1c(Br)cc(/C=C2/SC(=Nc3cccc(C(=O)O)c3)N(CC)C2=O)cc1OC. The van der Waals surface area contributed by atoms with Crippen molar-refractivity contribution in [3.63, 3.8) is 0 Å². The maximum atomic E-state index is 13.0. The van der Waals surface area contributed by atoms with E-state index in [4.69, 9.17) is 14.2 Å². The number of benzene rings is 2. The molecule has 0 aromatic heterocycles. The van der Waals surface area contributed by atoms with E-state index >= 15 is 0 Å². The zero-order chi connectivity index (χ0) is 25.5. The highest BCUT2D eigenvalue weighted by Gasteiger charge is 2.32. The summed E-state index contributed by atoms with van der Waals surface area (Å²) in [6.45, 7) is 3.92. The van der Waals surface area contributed by atoms with Crippen molar-refractivity contribution in [2.24, 2.45) is 4.99 Å². The molecule has 2 aromatic carbocycles. The van der Waals surface area contributed by atoms with Crippen LogP contribution in [0, 0.1) is 0 Å². The Balaban J connectivity index is 1.89. The Morgan fingerprint density at radius 2 is 2.00 bits per heavy atom. The second kappa shape index (κ2) is 11.9. The number of esters is 1. The molecule has 1 saturated heterocycles. The van der Waals surface area contributed by atoms with E-state index in [9.17, 15) is 19.5 Å². The number of nitrogens with zero attached hydrogens (tertiary/aromatic N) is 2. The largest absolute Gasteiger partial charge is 0.493 e. The van der Waals surface area contributed by atoms with Gasteiger partial charge in [0, 0.05) is 6.54 Å². The fraction of sp³-hybridized carbons (Fsp3) is 0.250. The van der Waals surface area contributed by atoms with E-state index in [1.165, 1.54) is 35.9 Å². The van der Waals surface area contributed by atoms with Crippen LogP contribution >= 0.6 is 27.7 Å². The van der Waals surface area contributed by atoms with Gasteiger partial charge in [-0.05, 0) is 83.5 Å². The van der Waals surface area contributed by atoms with E-state index in [-0.39, 0.29) is 24.7 Å². The molecule has 1 aliphatic rings. The molecular formula is C24H23BrN2O7S. The van der Waals surface area contributed by atoms with Gasteiger partial charge in [0.05, 0.1) is 34.3 Å². The van der Waals surface area contributed by atoms with Gasteiger partial charge in [0.1, 0.15) is 0 Å². The van der Waals surface area contributed by atoms with Gasteiger partial charge in [0.2, 0.25) is 0 Å². The van der Waals surface area contributed by atoms with Gasteiger partial charge >= 0.3 is 11.9 Å². The summed E-state index contributed by atoms with van der Waals surface area (Å²) < 4.78 is 16.4. The van der Waals surface area contributed by atoms with Gasteiger partial charge in [-0.15, -0.1) is 0 Å². The molecule has 1 fully saturated rings. The predicted octanol–water partition coefficient (Wildman–Crippen LogP) is 4.72. The summed E-state index contributed by atoms with van der Waals surface area (Å²) >= 11 is 4.62. The van der Waals surface area contributed by atoms with Gasteiger partial charge in [-0.3, -0.25) is 9.69 Å². The minimum absolute atomic E-state index is 0.113. The number of methoxy groups -OCH3 is 1. The summed E-state index contributed by atoms with van der Waals surface area (Å²) in [4.78, 5) is 42.4. The van der Waals surface area contributed by atoms with Gasteiger partial charge in [-0.25, -0.2) is 14.6 Å². The Morgan fingerprint density at radius 3 is 2.66 bits per heavy atom. The first-order chi connectivity index (χ1) is 16.8. The highest BCUT2D eigenvalue weighted by atomic mass is 79.9. The second-order valence-corrected chi connectivity index (χ2v) is 8.90. The second-order valence-electron chi connectivity index (χ2n) is 7.04. The lowest BCUT2D eigenvalue weighted by Gasteiger charge is -2.13. The minimum atomic E-state index is -1.05. The average Bonchev–Trinajstić information content (AvgIpc) is 3.11. The van der Waals surface area contributed by atoms with Crippen molar-refractivity contribution in [3.8, 4) is 11.5 Å². The van der Waals surface area contributed by atoms with E-state index < -0.39 is 11.9 Å². The van der Waals surface area contributed by atoms with Gasteiger partial charge in [0.15, 0.2) is 23.3 Å². The summed E-state index contributed by atoms with van der Waals surface area (Å²) in [6.07, 6.45) is 1.70. The van der Waals surface area contributed by atoms with Crippen LogP contribution < -0.4 is 9.47 Å². The lowest BCUT2D eigenvalue weighted by molar-refractivity contribution is -0.145. The number of aliphatic imine (C=N–C) groups is 1. The Bertz CT molecular complexity index is 1210. The first-order valence-corrected chi connectivity index (χ1v) is 12.2. The van der Waals surface area contributed by atoms with Crippen molar-refractivity contribution in [2.75, 3.05) is 26.9 Å². The summed E-state index contributed by atoms with van der Waals surface area (Å²) in [5.41, 5.74) is 1.22. The van der Waals surface area contributed by atoms with E-state index in [0.717, 1.165) is 0 Å². The van der Waals surface area contributed by atoms with Crippen LogP contribution in [0.25, 0.3) is 6.08 Å². The summed E-state index contributed by atoms with van der Waals surface area (Å²) in [6, 6.07) is 9.64. The monoisotopic (exact) mass is 562 g/mol. The number of amides is 1. The number of aromatic carboxylic acids is 1. The number of halogens is 1. The molecule has 2 aromatic rings. The minimum Gasteiger partial charge on any atom is -0.493 e. The van der Waals surface area contributed by atoms with Crippen LogP contribution in [0.3, 0.4) is 0 Å². The van der Waals surface area contributed by atoms with Crippen molar-refractivity contribution >= 4 is 62.5 Å². The topological polar surface area (TPSA) is 115 Å². The van der Waals surface area contributed by atoms with Gasteiger partial charge in [0.25, 0.3) is 5.91 Å². The van der Waals surface area contributed by atoms with Gasteiger partial charge < -0.3 is 19.3 Å². The third-order valence-corrected chi connectivity index (χ3v) is 6.31. The molecule has 9 nitrogen and oxygen atoms in total. The standard InChI is InChI=1S/C24H23BrN2O7S/c1-4-27-22(29)19(35-24(27)26-16-8-6-7-15(12-16)23(30)31)11-14-9-17(25)21(18(10-14)32-3)34-13-20(28)33-5-2/h6-12H,4-5,13H2,1-3H3,(H,30,31)/b19-11+,26-24?. The number of rotatable bonds is 9. The first kappa shape index (κ1) is 26.3. The number of ether oxygens (including phenoxy) is 3. The van der Waals surface area contributed by atoms with Crippen LogP contribution in [-0.4, -0.2) is 59.9 Å². The smallest absolute Gasteiger partial charge is 0.344 e. The molecule has 11 heteroatoms. The number of carboxylic acids is 1. The molecule has 1 heterocycles. The maximum Gasteiger partial charge on any atom is 0.344 e. The van der Waals surface area contributed by atoms with Crippen molar-refractivity contribution in [1.82, 2.24) is 4.90 Å². The molecule has 0 saturated carbocycles. The quantitative estimate of drug-likeness (QED) is 0.344. The maximum absolute atomic E-state index is 13.0. The molecule has 0 atom stereocenters. The molecule has 3 rings (SSSR count). The van der Waals surface area contributed by atoms with E-state index in [1.54, 1.807) is 37.3 Å². The van der Waals surface area contributed by atoms with Crippen molar-refractivity contribution in [3.05, 3.63) is 56.9 Å². The van der Waals surface area contributed by atoms with Gasteiger partial charge in [-0.1, -0.05) is 6.07 Å². The molecule has 35 heavy (non-hydrogen) atoms. The molecule has 1 amide bonds.